The molecule has 0 unspecified atom stereocenters. The van der Waals surface area contributed by atoms with Crippen LogP contribution in [0.2, 0.25) is 0 Å². The smallest absolute Gasteiger partial charge is 0.340 e. The molecule has 2 rings (SSSR count). The van der Waals surface area contributed by atoms with Crippen LogP contribution in [0, 0.1) is 12.7 Å². The molecule has 5 heteroatoms. The first kappa shape index (κ1) is 11.1. The summed E-state index contributed by atoms with van der Waals surface area (Å²) in [5, 5.41) is 0.532. The van der Waals surface area contributed by atoms with Crippen molar-refractivity contribution in [3.05, 3.63) is 33.7 Å². The second-order valence-corrected chi connectivity index (χ2v) is 4.25. The normalized spacial score (nSPS) is 10.8. The molecule has 2 aromatic rings. The lowest BCUT2D eigenvalue weighted by molar-refractivity contribution is 0.0602. The van der Waals surface area contributed by atoms with Crippen LogP contribution in [0.25, 0.3) is 10.9 Å². The van der Waals surface area contributed by atoms with Gasteiger partial charge in [0.25, 0.3) is 0 Å². The van der Waals surface area contributed by atoms with E-state index in [-0.39, 0.29) is 0 Å². The molecule has 0 fully saturated rings. The summed E-state index contributed by atoms with van der Waals surface area (Å²) in [6.07, 6.45) is 0. The Bertz CT molecular complexity index is 577. The molecule has 0 aliphatic heterocycles. The number of carbonyl (C=O) groups is 1. The van der Waals surface area contributed by atoms with Crippen molar-refractivity contribution < 1.29 is 13.9 Å². The van der Waals surface area contributed by atoms with E-state index in [1.54, 1.807) is 19.1 Å². The summed E-state index contributed by atoms with van der Waals surface area (Å²) in [6.45, 7) is 1.71. The van der Waals surface area contributed by atoms with Crippen molar-refractivity contribution in [2.75, 3.05) is 7.11 Å². The summed E-state index contributed by atoms with van der Waals surface area (Å²) in [5.74, 6) is -0.874. The van der Waals surface area contributed by atoms with Crippen molar-refractivity contribution in [1.29, 1.82) is 0 Å². The Morgan fingerprint density at radius 3 is 2.81 bits per heavy atom. The van der Waals surface area contributed by atoms with Crippen LogP contribution in [0.5, 0.6) is 0 Å². The number of carbonyl (C=O) groups excluding carboxylic acids is 1. The molecule has 0 spiro atoms. The monoisotopic (exact) mass is 285 g/mol. The molecule has 1 aromatic heterocycles. The number of aromatic nitrogens is 1. The number of H-pyrrole nitrogens is 1. The maximum absolute atomic E-state index is 13.7. The Labute approximate surface area is 99.7 Å². The van der Waals surface area contributed by atoms with Crippen LogP contribution in [0.1, 0.15) is 16.1 Å². The number of methoxy groups -OCH3 is 1. The largest absolute Gasteiger partial charge is 0.465 e. The first-order valence-electron chi connectivity index (χ1n) is 4.61. The molecule has 0 aliphatic carbocycles. The molecule has 0 atom stereocenters. The van der Waals surface area contributed by atoms with Crippen LogP contribution < -0.4 is 0 Å². The molecular weight excluding hydrogens is 277 g/mol. The predicted molar refractivity (Wildman–Crippen MR) is 62.0 cm³/mol. The number of aryl methyl sites for hydroxylation is 1. The summed E-state index contributed by atoms with van der Waals surface area (Å²) in [4.78, 5) is 14.4. The third-order valence-corrected chi connectivity index (χ3v) is 3.05. The first-order chi connectivity index (χ1) is 7.56. The number of hydrogen-bond acceptors (Lipinski definition) is 2. The second kappa shape index (κ2) is 3.90. The fourth-order valence-corrected chi connectivity index (χ4v) is 2.03. The lowest BCUT2D eigenvalue weighted by atomic mass is 10.1. The number of benzene rings is 1. The van der Waals surface area contributed by atoms with Crippen molar-refractivity contribution >= 4 is 32.8 Å². The highest BCUT2D eigenvalue weighted by molar-refractivity contribution is 9.10. The molecule has 1 heterocycles. The van der Waals surface area contributed by atoms with E-state index in [9.17, 15) is 9.18 Å². The van der Waals surface area contributed by atoms with E-state index in [2.05, 4.69) is 25.7 Å². The minimum absolute atomic E-state index is 0.312. The fraction of sp³-hybridized carbons (Fsp3) is 0.182. The van der Waals surface area contributed by atoms with Gasteiger partial charge in [-0.05, 0) is 28.9 Å². The highest BCUT2D eigenvalue weighted by Crippen LogP contribution is 2.29. The number of rotatable bonds is 1. The maximum Gasteiger partial charge on any atom is 0.340 e. The third kappa shape index (κ3) is 1.51. The van der Waals surface area contributed by atoms with Crippen molar-refractivity contribution in [1.82, 2.24) is 4.98 Å². The van der Waals surface area contributed by atoms with Crippen LogP contribution in [-0.2, 0) is 4.74 Å². The Morgan fingerprint density at radius 2 is 2.19 bits per heavy atom. The summed E-state index contributed by atoms with van der Waals surface area (Å²) >= 11 is 3.09. The molecule has 16 heavy (non-hydrogen) atoms. The molecule has 0 saturated heterocycles. The average Bonchev–Trinajstić information content (AvgIpc) is 2.60. The van der Waals surface area contributed by atoms with Gasteiger partial charge in [0.15, 0.2) is 5.82 Å². The molecule has 0 radical (unpaired) electrons. The van der Waals surface area contributed by atoms with Crippen molar-refractivity contribution in [2.24, 2.45) is 0 Å². The summed E-state index contributed by atoms with van der Waals surface area (Å²) in [6, 6.07) is 3.25. The number of esters is 1. The molecule has 0 amide bonds. The zero-order valence-corrected chi connectivity index (χ0v) is 10.3. The Kier molecular flexibility index (Phi) is 2.71. The van der Waals surface area contributed by atoms with Crippen LogP contribution in [-0.4, -0.2) is 18.1 Å². The molecule has 1 N–H and O–H groups in total. The summed E-state index contributed by atoms with van der Waals surface area (Å²) in [7, 11) is 1.30. The van der Waals surface area contributed by atoms with E-state index in [0.29, 0.717) is 26.6 Å². The van der Waals surface area contributed by atoms with Gasteiger partial charge in [-0.15, -0.1) is 0 Å². The number of ether oxygens (including phenoxy) is 1. The number of nitrogens with one attached hydrogen (secondary N) is 1. The van der Waals surface area contributed by atoms with Crippen molar-refractivity contribution in [3.63, 3.8) is 0 Å². The average molecular weight is 286 g/mol. The van der Waals surface area contributed by atoms with Crippen LogP contribution in [0.15, 0.2) is 16.6 Å². The quantitative estimate of drug-likeness (QED) is 0.818. The van der Waals surface area contributed by atoms with Crippen LogP contribution in [0.3, 0.4) is 0 Å². The van der Waals surface area contributed by atoms with Crippen molar-refractivity contribution in [2.45, 2.75) is 6.92 Å². The minimum atomic E-state index is -0.467. The molecule has 0 aliphatic rings. The van der Waals surface area contributed by atoms with Gasteiger partial charge in [0.05, 0.1) is 22.7 Å². The van der Waals surface area contributed by atoms with E-state index in [0.717, 1.165) is 0 Å². The number of halogens is 2. The van der Waals surface area contributed by atoms with Crippen LogP contribution in [0.4, 0.5) is 4.39 Å². The van der Waals surface area contributed by atoms with E-state index >= 15 is 0 Å². The zero-order chi connectivity index (χ0) is 11.9. The SMILES string of the molecule is COC(=O)c1c(C)[nH]c2c(F)c(Br)ccc12. The molecule has 1 aromatic carbocycles. The highest BCUT2D eigenvalue weighted by Gasteiger charge is 2.19. The number of aromatic amines is 1. The second-order valence-electron chi connectivity index (χ2n) is 3.40. The molecule has 3 nitrogen and oxygen atoms in total. The van der Waals surface area contributed by atoms with E-state index in [4.69, 9.17) is 0 Å². The van der Waals surface area contributed by atoms with Gasteiger partial charge in [0, 0.05) is 11.1 Å². The zero-order valence-electron chi connectivity index (χ0n) is 8.73. The predicted octanol–water partition coefficient (Wildman–Crippen LogP) is 3.16. The molecule has 0 saturated carbocycles. The molecule has 0 bridgehead atoms. The van der Waals surface area contributed by atoms with Gasteiger partial charge >= 0.3 is 5.97 Å². The van der Waals surface area contributed by atoms with Crippen LogP contribution >= 0.6 is 15.9 Å². The van der Waals surface area contributed by atoms with Crippen molar-refractivity contribution in [3.8, 4) is 0 Å². The van der Waals surface area contributed by atoms with Gasteiger partial charge in [-0.2, -0.15) is 0 Å². The van der Waals surface area contributed by atoms with E-state index in [1.807, 2.05) is 0 Å². The lowest BCUT2D eigenvalue weighted by Gasteiger charge is -1.99. The van der Waals surface area contributed by atoms with Gasteiger partial charge in [0.2, 0.25) is 0 Å². The Morgan fingerprint density at radius 1 is 1.50 bits per heavy atom. The first-order valence-corrected chi connectivity index (χ1v) is 5.40. The van der Waals surface area contributed by atoms with E-state index < -0.39 is 11.8 Å². The topological polar surface area (TPSA) is 42.1 Å². The summed E-state index contributed by atoms with van der Waals surface area (Å²) in [5.41, 5.74) is 1.29. The standard InChI is InChI=1S/C11H9BrFNO2/c1-5-8(11(15)16-2)6-3-4-7(12)9(13)10(6)14-5/h3-4,14H,1-2H3. The maximum atomic E-state index is 13.7. The fourth-order valence-electron chi connectivity index (χ4n) is 1.70. The van der Waals surface area contributed by atoms with Gasteiger partial charge in [-0.1, -0.05) is 6.07 Å². The van der Waals surface area contributed by atoms with E-state index in [1.165, 1.54) is 7.11 Å². The van der Waals surface area contributed by atoms with Gasteiger partial charge in [-0.3, -0.25) is 0 Å². The Hall–Kier alpha value is -1.36. The van der Waals surface area contributed by atoms with Gasteiger partial charge < -0.3 is 9.72 Å². The molecule has 84 valence electrons. The molecular formula is C11H9BrFNO2. The number of fused-ring (bicyclic) bond motifs is 1. The van der Waals surface area contributed by atoms with Gasteiger partial charge in [-0.25, -0.2) is 9.18 Å². The number of hydrogen-bond donors (Lipinski definition) is 1. The summed E-state index contributed by atoms with van der Waals surface area (Å²) < 4.78 is 18.7. The Balaban J connectivity index is 2.82. The highest BCUT2D eigenvalue weighted by atomic mass is 79.9. The minimum Gasteiger partial charge on any atom is -0.465 e. The van der Waals surface area contributed by atoms with Gasteiger partial charge in [0.1, 0.15) is 0 Å². The lowest BCUT2D eigenvalue weighted by Crippen LogP contribution is -2.01. The third-order valence-electron chi connectivity index (χ3n) is 2.44.